The van der Waals surface area contributed by atoms with Crippen molar-refractivity contribution in [3.63, 3.8) is 0 Å². The number of nitrogens with zero attached hydrogens (tertiary/aromatic N) is 2. The van der Waals surface area contributed by atoms with Crippen LogP contribution in [0.5, 0.6) is 0 Å². The quantitative estimate of drug-likeness (QED) is 0.401. The maximum Gasteiger partial charge on any atom is 0.136 e. The van der Waals surface area contributed by atoms with Crippen molar-refractivity contribution in [1.29, 1.82) is 5.26 Å². The highest BCUT2D eigenvalue weighted by molar-refractivity contribution is 5.80. The topological polar surface area (TPSA) is 62.2 Å². The van der Waals surface area contributed by atoms with Crippen LogP contribution in [0.2, 0.25) is 0 Å². The SMILES string of the molecule is N#Cc1cc(F)c(/C=N/N)c(F)c1. The normalized spacial score (nSPS) is 10.2. The third kappa shape index (κ3) is 1.79. The highest BCUT2D eigenvalue weighted by Gasteiger charge is 2.08. The van der Waals surface area contributed by atoms with E-state index in [-0.39, 0.29) is 11.1 Å². The molecule has 0 saturated carbocycles. The van der Waals surface area contributed by atoms with Crippen LogP contribution < -0.4 is 5.84 Å². The Morgan fingerprint density at radius 2 is 1.92 bits per heavy atom. The van der Waals surface area contributed by atoms with Crippen LogP contribution in [0, 0.1) is 23.0 Å². The second-order valence-corrected chi connectivity index (χ2v) is 2.24. The standard InChI is InChI=1S/C8H5F2N3/c9-7-1-5(3-11)2-8(10)6(7)4-13-12/h1-2,4H,12H2/b13-4+. The fraction of sp³-hybridized carbons (Fsp3) is 0. The van der Waals surface area contributed by atoms with Crippen molar-refractivity contribution in [2.45, 2.75) is 0 Å². The molecule has 0 atom stereocenters. The summed E-state index contributed by atoms with van der Waals surface area (Å²) in [6.45, 7) is 0. The third-order valence-corrected chi connectivity index (χ3v) is 1.41. The monoisotopic (exact) mass is 181 g/mol. The molecule has 0 unspecified atom stereocenters. The molecule has 2 N–H and O–H groups in total. The van der Waals surface area contributed by atoms with Crippen LogP contribution in [0.25, 0.3) is 0 Å². The van der Waals surface area contributed by atoms with E-state index < -0.39 is 11.6 Å². The van der Waals surface area contributed by atoms with Crippen LogP contribution in [-0.2, 0) is 0 Å². The number of hydrazone groups is 1. The molecule has 1 rings (SSSR count). The van der Waals surface area contributed by atoms with Crippen LogP contribution >= 0.6 is 0 Å². The van der Waals surface area contributed by atoms with E-state index in [1.54, 1.807) is 6.07 Å². The minimum absolute atomic E-state index is 0.0795. The van der Waals surface area contributed by atoms with Crippen molar-refractivity contribution in [2.75, 3.05) is 0 Å². The number of nitriles is 1. The van der Waals surface area contributed by atoms with Crippen LogP contribution in [0.15, 0.2) is 17.2 Å². The number of rotatable bonds is 1. The molecule has 3 nitrogen and oxygen atoms in total. The molecule has 0 saturated heterocycles. The van der Waals surface area contributed by atoms with E-state index in [4.69, 9.17) is 11.1 Å². The largest absolute Gasteiger partial charge is 0.323 e. The number of halogens is 2. The first-order valence-electron chi connectivity index (χ1n) is 3.31. The molecule has 1 aromatic rings. The van der Waals surface area contributed by atoms with Crippen LogP contribution in [-0.4, -0.2) is 6.21 Å². The molecule has 0 aromatic heterocycles. The molecule has 0 aliphatic rings. The molecule has 1 aromatic carbocycles. The number of nitrogens with two attached hydrogens (primary N) is 1. The average molecular weight is 181 g/mol. The maximum atomic E-state index is 12.9. The van der Waals surface area contributed by atoms with E-state index in [2.05, 4.69) is 5.10 Å². The van der Waals surface area contributed by atoms with Crippen molar-refractivity contribution in [3.05, 3.63) is 34.9 Å². The molecule has 0 radical (unpaired) electrons. The van der Waals surface area contributed by atoms with Crippen molar-refractivity contribution in [2.24, 2.45) is 10.9 Å². The van der Waals surface area contributed by atoms with Crippen molar-refractivity contribution in [1.82, 2.24) is 0 Å². The predicted octanol–water partition coefficient (Wildman–Crippen LogP) is 1.13. The summed E-state index contributed by atoms with van der Waals surface area (Å²) in [6, 6.07) is 3.46. The molecule has 13 heavy (non-hydrogen) atoms. The predicted molar refractivity (Wildman–Crippen MR) is 42.9 cm³/mol. The summed E-state index contributed by atoms with van der Waals surface area (Å²) in [5.74, 6) is 3.03. The highest BCUT2D eigenvalue weighted by atomic mass is 19.1. The Balaban J connectivity index is 3.33. The Morgan fingerprint density at radius 1 is 1.38 bits per heavy atom. The lowest BCUT2D eigenvalue weighted by atomic mass is 10.1. The van der Waals surface area contributed by atoms with Gasteiger partial charge in [0.2, 0.25) is 0 Å². The number of benzene rings is 1. The Bertz CT molecular complexity index is 370. The second kappa shape index (κ2) is 3.63. The molecule has 5 heteroatoms. The summed E-state index contributed by atoms with van der Waals surface area (Å²) in [5.41, 5.74) is -0.425. The first-order valence-corrected chi connectivity index (χ1v) is 3.31. The second-order valence-electron chi connectivity index (χ2n) is 2.24. The van der Waals surface area contributed by atoms with Gasteiger partial charge in [0.05, 0.1) is 23.4 Å². The van der Waals surface area contributed by atoms with Gasteiger partial charge in [0.25, 0.3) is 0 Å². The number of hydrogen-bond donors (Lipinski definition) is 1. The van der Waals surface area contributed by atoms with E-state index in [1.807, 2.05) is 0 Å². The maximum absolute atomic E-state index is 12.9. The van der Waals surface area contributed by atoms with Gasteiger partial charge >= 0.3 is 0 Å². The summed E-state index contributed by atoms with van der Waals surface area (Å²) in [4.78, 5) is 0. The zero-order valence-corrected chi connectivity index (χ0v) is 6.46. The lowest BCUT2D eigenvalue weighted by molar-refractivity contribution is 0.579. The Kier molecular flexibility index (Phi) is 2.55. The van der Waals surface area contributed by atoms with E-state index in [0.717, 1.165) is 18.3 Å². The summed E-state index contributed by atoms with van der Waals surface area (Å²) < 4.78 is 25.9. The van der Waals surface area contributed by atoms with Gasteiger partial charge in [-0.3, -0.25) is 0 Å². The Hall–Kier alpha value is -1.96. The minimum Gasteiger partial charge on any atom is -0.323 e. The van der Waals surface area contributed by atoms with Gasteiger partial charge in [-0.15, -0.1) is 0 Å². The van der Waals surface area contributed by atoms with Gasteiger partial charge in [0.15, 0.2) is 0 Å². The first-order chi connectivity index (χ1) is 6.19. The summed E-state index contributed by atoms with van der Waals surface area (Å²) in [6.07, 6.45) is 0.853. The van der Waals surface area contributed by atoms with Gasteiger partial charge in [0, 0.05) is 0 Å². The van der Waals surface area contributed by atoms with Crippen molar-refractivity contribution >= 4 is 6.21 Å². The van der Waals surface area contributed by atoms with Gasteiger partial charge in [-0.25, -0.2) is 8.78 Å². The summed E-state index contributed by atoms with van der Waals surface area (Å²) in [7, 11) is 0. The molecule has 0 fully saturated rings. The molecular weight excluding hydrogens is 176 g/mol. The van der Waals surface area contributed by atoms with Gasteiger partial charge in [0.1, 0.15) is 11.6 Å². The summed E-state index contributed by atoms with van der Waals surface area (Å²) in [5, 5.41) is 11.4. The van der Waals surface area contributed by atoms with Crippen LogP contribution in [0.4, 0.5) is 8.78 Å². The van der Waals surface area contributed by atoms with E-state index in [1.165, 1.54) is 0 Å². The van der Waals surface area contributed by atoms with Gasteiger partial charge in [-0.05, 0) is 12.1 Å². The third-order valence-electron chi connectivity index (χ3n) is 1.41. The lowest BCUT2D eigenvalue weighted by Crippen LogP contribution is -1.97. The minimum atomic E-state index is -0.856. The van der Waals surface area contributed by atoms with Gasteiger partial charge in [-0.2, -0.15) is 10.4 Å². The van der Waals surface area contributed by atoms with Crippen molar-refractivity contribution in [3.8, 4) is 6.07 Å². The van der Waals surface area contributed by atoms with E-state index in [9.17, 15) is 8.78 Å². The Labute approximate surface area is 73.1 Å². The zero-order valence-electron chi connectivity index (χ0n) is 6.46. The molecule has 0 aliphatic heterocycles. The zero-order chi connectivity index (χ0) is 9.84. The average Bonchev–Trinajstić information content (AvgIpc) is 2.11. The summed E-state index contributed by atoms with van der Waals surface area (Å²) >= 11 is 0. The van der Waals surface area contributed by atoms with Crippen molar-refractivity contribution < 1.29 is 8.78 Å². The Morgan fingerprint density at radius 3 is 2.31 bits per heavy atom. The van der Waals surface area contributed by atoms with Crippen LogP contribution in [0.3, 0.4) is 0 Å². The molecular formula is C8H5F2N3. The van der Waals surface area contributed by atoms with E-state index in [0.29, 0.717) is 0 Å². The van der Waals surface area contributed by atoms with E-state index >= 15 is 0 Å². The van der Waals surface area contributed by atoms with Gasteiger partial charge < -0.3 is 5.84 Å². The molecule has 0 aliphatic carbocycles. The van der Waals surface area contributed by atoms with Gasteiger partial charge in [-0.1, -0.05) is 0 Å². The first kappa shape index (κ1) is 9.13. The molecule has 0 amide bonds. The molecule has 0 heterocycles. The fourth-order valence-corrected chi connectivity index (χ4v) is 0.847. The van der Waals surface area contributed by atoms with Crippen LogP contribution in [0.1, 0.15) is 11.1 Å². The molecule has 0 bridgehead atoms. The molecule has 66 valence electrons. The highest BCUT2D eigenvalue weighted by Crippen LogP contribution is 2.12. The smallest absolute Gasteiger partial charge is 0.136 e. The number of hydrogen-bond acceptors (Lipinski definition) is 3. The lowest BCUT2D eigenvalue weighted by Gasteiger charge is -1.98. The fourth-order valence-electron chi connectivity index (χ4n) is 0.847. The molecule has 0 spiro atoms.